The van der Waals surface area contributed by atoms with Gasteiger partial charge in [0.05, 0.1) is 20.3 Å². The summed E-state index contributed by atoms with van der Waals surface area (Å²) >= 11 is 0. The summed E-state index contributed by atoms with van der Waals surface area (Å²) in [7, 11) is 1.59. The quantitative estimate of drug-likeness (QED) is 0.683. The SMILES string of the molecule is CCOCCNC(=O)NCc1ccc(OCC)c(OC)c1. The molecule has 6 heteroatoms. The summed E-state index contributed by atoms with van der Waals surface area (Å²) in [4.78, 5) is 11.6. The fourth-order valence-electron chi connectivity index (χ4n) is 1.72. The molecule has 1 aromatic carbocycles. The molecule has 0 atom stereocenters. The van der Waals surface area contributed by atoms with E-state index >= 15 is 0 Å². The molecule has 1 rings (SSSR count). The van der Waals surface area contributed by atoms with Gasteiger partial charge in [-0.1, -0.05) is 6.07 Å². The predicted molar refractivity (Wildman–Crippen MR) is 80.9 cm³/mol. The summed E-state index contributed by atoms with van der Waals surface area (Å²) in [5, 5.41) is 5.49. The molecule has 0 saturated carbocycles. The van der Waals surface area contributed by atoms with E-state index < -0.39 is 0 Å². The highest BCUT2D eigenvalue weighted by atomic mass is 16.5. The Kier molecular flexibility index (Phi) is 8.04. The lowest BCUT2D eigenvalue weighted by molar-refractivity contribution is 0.149. The maximum atomic E-state index is 11.6. The standard InChI is InChI=1S/C15H24N2O4/c1-4-20-9-8-16-15(18)17-11-12-6-7-13(21-5-2)14(10-12)19-3/h6-7,10H,4-5,8-9,11H2,1-3H3,(H2,16,17,18). The first-order chi connectivity index (χ1) is 10.2. The Morgan fingerprint density at radius 1 is 1.14 bits per heavy atom. The van der Waals surface area contributed by atoms with E-state index in [2.05, 4.69) is 10.6 Å². The minimum atomic E-state index is -0.220. The number of ether oxygens (including phenoxy) is 3. The van der Waals surface area contributed by atoms with Crippen molar-refractivity contribution in [1.82, 2.24) is 10.6 Å². The van der Waals surface area contributed by atoms with Crippen LogP contribution in [-0.4, -0.2) is 39.5 Å². The van der Waals surface area contributed by atoms with Crippen molar-refractivity contribution in [3.63, 3.8) is 0 Å². The van der Waals surface area contributed by atoms with Crippen LogP contribution in [0.3, 0.4) is 0 Å². The molecule has 21 heavy (non-hydrogen) atoms. The first-order valence-corrected chi connectivity index (χ1v) is 7.10. The maximum absolute atomic E-state index is 11.6. The number of carbonyl (C=O) groups excluding carboxylic acids is 1. The zero-order chi connectivity index (χ0) is 15.5. The Morgan fingerprint density at radius 2 is 1.95 bits per heavy atom. The van der Waals surface area contributed by atoms with Crippen LogP contribution < -0.4 is 20.1 Å². The summed E-state index contributed by atoms with van der Waals surface area (Å²) < 4.78 is 15.9. The largest absolute Gasteiger partial charge is 0.493 e. The van der Waals surface area contributed by atoms with Crippen LogP contribution in [0, 0.1) is 0 Å². The van der Waals surface area contributed by atoms with Crippen molar-refractivity contribution in [2.75, 3.05) is 33.5 Å². The second kappa shape index (κ2) is 9.88. The van der Waals surface area contributed by atoms with E-state index in [1.54, 1.807) is 7.11 Å². The molecule has 0 heterocycles. The van der Waals surface area contributed by atoms with Gasteiger partial charge in [0.2, 0.25) is 0 Å². The van der Waals surface area contributed by atoms with Gasteiger partial charge in [-0.05, 0) is 31.5 Å². The Balaban J connectivity index is 2.42. The normalized spacial score (nSPS) is 10.0. The van der Waals surface area contributed by atoms with Crippen molar-refractivity contribution in [2.24, 2.45) is 0 Å². The van der Waals surface area contributed by atoms with E-state index in [1.807, 2.05) is 32.0 Å². The zero-order valence-electron chi connectivity index (χ0n) is 12.9. The van der Waals surface area contributed by atoms with Gasteiger partial charge in [-0.25, -0.2) is 4.79 Å². The van der Waals surface area contributed by atoms with Crippen LogP contribution in [0.2, 0.25) is 0 Å². The summed E-state index contributed by atoms with van der Waals surface area (Å²) in [6.45, 7) is 6.49. The number of methoxy groups -OCH3 is 1. The van der Waals surface area contributed by atoms with Crippen molar-refractivity contribution in [2.45, 2.75) is 20.4 Å². The molecular weight excluding hydrogens is 272 g/mol. The van der Waals surface area contributed by atoms with Gasteiger partial charge in [0.1, 0.15) is 0 Å². The first kappa shape index (κ1) is 17.1. The molecule has 0 aromatic heterocycles. The molecule has 1 aromatic rings. The third-order valence-corrected chi connectivity index (χ3v) is 2.72. The minimum Gasteiger partial charge on any atom is -0.493 e. The Morgan fingerprint density at radius 3 is 2.62 bits per heavy atom. The molecule has 2 amide bonds. The van der Waals surface area contributed by atoms with Gasteiger partial charge in [0.25, 0.3) is 0 Å². The highest BCUT2D eigenvalue weighted by Gasteiger charge is 2.06. The number of hydrogen-bond acceptors (Lipinski definition) is 4. The van der Waals surface area contributed by atoms with E-state index in [4.69, 9.17) is 14.2 Å². The average Bonchev–Trinajstić information content (AvgIpc) is 2.50. The van der Waals surface area contributed by atoms with E-state index in [9.17, 15) is 4.79 Å². The summed E-state index contributed by atoms with van der Waals surface area (Å²) in [5.41, 5.74) is 0.940. The van der Waals surface area contributed by atoms with Gasteiger partial charge in [0.15, 0.2) is 11.5 Å². The fraction of sp³-hybridized carbons (Fsp3) is 0.533. The molecule has 0 radical (unpaired) electrons. The monoisotopic (exact) mass is 296 g/mol. The fourth-order valence-corrected chi connectivity index (χ4v) is 1.72. The van der Waals surface area contributed by atoms with E-state index in [0.29, 0.717) is 44.4 Å². The topological polar surface area (TPSA) is 68.8 Å². The van der Waals surface area contributed by atoms with E-state index in [1.165, 1.54) is 0 Å². The molecule has 0 aliphatic carbocycles. The Hall–Kier alpha value is -1.95. The number of nitrogens with one attached hydrogen (secondary N) is 2. The third kappa shape index (κ3) is 6.35. The van der Waals surface area contributed by atoms with Crippen molar-refractivity contribution >= 4 is 6.03 Å². The van der Waals surface area contributed by atoms with Crippen LogP contribution in [0.25, 0.3) is 0 Å². The summed E-state index contributed by atoms with van der Waals surface area (Å²) in [6, 6.07) is 5.37. The number of amides is 2. The van der Waals surface area contributed by atoms with Gasteiger partial charge in [0, 0.05) is 19.7 Å². The molecule has 0 spiro atoms. The maximum Gasteiger partial charge on any atom is 0.315 e. The van der Waals surface area contributed by atoms with Gasteiger partial charge < -0.3 is 24.8 Å². The molecular formula is C15H24N2O4. The van der Waals surface area contributed by atoms with Crippen LogP contribution in [0.1, 0.15) is 19.4 Å². The van der Waals surface area contributed by atoms with E-state index in [0.717, 1.165) is 5.56 Å². The van der Waals surface area contributed by atoms with Crippen LogP contribution in [0.15, 0.2) is 18.2 Å². The van der Waals surface area contributed by atoms with Gasteiger partial charge in [-0.15, -0.1) is 0 Å². The molecule has 0 bridgehead atoms. The lowest BCUT2D eigenvalue weighted by atomic mass is 10.2. The van der Waals surface area contributed by atoms with Crippen LogP contribution in [0.4, 0.5) is 4.79 Å². The molecule has 0 fully saturated rings. The van der Waals surface area contributed by atoms with Crippen molar-refractivity contribution < 1.29 is 19.0 Å². The zero-order valence-corrected chi connectivity index (χ0v) is 12.9. The van der Waals surface area contributed by atoms with Gasteiger partial charge in [-0.3, -0.25) is 0 Å². The van der Waals surface area contributed by atoms with Crippen molar-refractivity contribution in [3.05, 3.63) is 23.8 Å². The molecule has 118 valence electrons. The average molecular weight is 296 g/mol. The number of benzene rings is 1. The van der Waals surface area contributed by atoms with Crippen LogP contribution >= 0.6 is 0 Å². The highest BCUT2D eigenvalue weighted by Crippen LogP contribution is 2.27. The van der Waals surface area contributed by atoms with Crippen molar-refractivity contribution in [3.8, 4) is 11.5 Å². The molecule has 6 nitrogen and oxygen atoms in total. The molecule has 0 aliphatic heterocycles. The highest BCUT2D eigenvalue weighted by molar-refractivity contribution is 5.73. The van der Waals surface area contributed by atoms with Crippen LogP contribution in [-0.2, 0) is 11.3 Å². The molecule has 2 N–H and O–H groups in total. The minimum absolute atomic E-state index is 0.220. The predicted octanol–water partition coefficient (Wildman–Crippen LogP) is 1.93. The molecule has 0 unspecified atom stereocenters. The van der Waals surface area contributed by atoms with Crippen LogP contribution in [0.5, 0.6) is 11.5 Å². The molecule has 0 aliphatic rings. The van der Waals surface area contributed by atoms with Gasteiger partial charge >= 0.3 is 6.03 Å². The Bertz CT molecular complexity index is 438. The summed E-state index contributed by atoms with van der Waals surface area (Å²) in [6.07, 6.45) is 0. The number of rotatable bonds is 9. The second-order valence-corrected chi connectivity index (χ2v) is 4.22. The lowest BCUT2D eigenvalue weighted by Crippen LogP contribution is -2.36. The number of hydrogen-bond donors (Lipinski definition) is 2. The first-order valence-electron chi connectivity index (χ1n) is 7.10. The number of carbonyl (C=O) groups is 1. The smallest absolute Gasteiger partial charge is 0.315 e. The molecule has 0 saturated heterocycles. The third-order valence-electron chi connectivity index (χ3n) is 2.72. The Labute approximate surface area is 125 Å². The van der Waals surface area contributed by atoms with Gasteiger partial charge in [-0.2, -0.15) is 0 Å². The second-order valence-electron chi connectivity index (χ2n) is 4.22. The number of urea groups is 1. The van der Waals surface area contributed by atoms with E-state index in [-0.39, 0.29) is 6.03 Å². The lowest BCUT2D eigenvalue weighted by Gasteiger charge is -2.12. The van der Waals surface area contributed by atoms with Crippen molar-refractivity contribution in [1.29, 1.82) is 0 Å². The summed E-state index contributed by atoms with van der Waals surface area (Å²) in [5.74, 6) is 1.36.